The first kappa shape index (κ1) is 59.4. The lowest BCUT2D eigenvalue weighted by Gasteiger charge is -2.14. The summed E-state index contributed by atoms with van der Waals surface area (Å²) < 4.78 is 0. The summed E-state index contributed by atoms with van der Waals surface area (Å²) in [5.74, 6) is 0. The molecule has 0 unspecified atom stereocenters. The third-order valence-corrected chi connectivity index (χ3v) is 19.4. The van der Waals surface area contributed by atoms with E-state index in [1.165, 1.54) is 150 Å². The first-order chi connectivity index (χ1) is 40.4. The van der Waals surface area contributed by atoms with Gasteiger partial charge in [0.25, 0.3) is 0 Å². The Labute approximate surface area is 496 Å². The van der Waals surface area contributed by atoms with Gasteiger partial charge in [-0.2, -0.15) is 0 Å². The van der Waals surface area contributed by atoms with Crippen LogP contribution in [-0.2, 0) is 64.2 Å². The van der Waals surface area contributed by atoms with Gasteiger partial charge in [0.05, 0.1) is 45.6 Å². The topological polar surface area (TPSA) is 115 Å². The third-order valence-electron chi connectivity index (χ3n) is 19.4. The number of hydrogen-bond acceptors (Lipinski definition) is 4. The fourth-order valence-electron chi connectivity index (χ4n) is 15.6. The summed E-state index contributed by atoms with van der Waals surface area (Å²) in [6.07, 6.45) is 16.2. The second-order valence-corrected chi connectivity index (χ2v) is 23.2. The fraction of sp³-hybridized carbons (Fsp3) is 0.467. The van der Waals surface area contributed by atoms with Crippen LogP contribution >= 0.6 is 0 Å². The molecule has 4 N–H and O–H groups in total. The van der Waals surface area contributed by atoms with Crippen LogP contribution in [0.5, 0.6) is 0 Å². The molecule has 0 radical (unpaired) electrons. The molecule has 10 heterocycles. The zero-order chi connectivity index (χ0) is 59.1. The van der Waals surface area contributed by atoms with E-state index in [2.05, 4.69) is 168 Å². The van der Waals surface area contributed by atoms with Crippen LogP contribution in [0.15, 0.2) is 30.3 Å². The highest BCUT2D eigenvalue weighted by atomic mass is 14.8. The number of aromatic amines is 4. The quantitative estimate of drug-likeness (QED) is 0.0647. The van der Waals surface area contributed by atoms with Crippen molar-refractivity contribution in [2.75, 3.05) is 0 Å². The minimum atomic E-state index is 0.755. The number of hydrogen-bond donors (Lipinski definition) is 4. The number of aromatic nitrogens is 8. The van der Waals surface area contributed by atoms with E-state index in [1.54, 1.807) is 0 Å². The van der Waals surface area contributed by atoms with E-state index in [-0.39, 0.29) is 0 Å². The Morgan fingerprint density at radius 2 is 0.482 bits per heavy atom. The van der Waals surface area contributed by atoms with E-state index in [0.717, 1.165) is 161 Å². The molecule has 4 aliphatic rings. The Kier molecular flexibility index (Phi) is 17.7. The van der Waals surface area contributed by atoms with Crippen LogP contribution in [0.25, 0.3) is 88.7 Å². The summed E-state index contributed by atoms with van der Waals surface area (Å²) in [5.41, 5.74) is 44.0. The molecule has 0 amide bonds. The molecule has 0 atom stereocenters. The highest BCUT2D eigenvalue weighted by Crippen LogP contribution is 2.45. The number of allylic oxidation sites excluding steroid dienone is 8. The molecular weight excluding hydrogens is 1010 g/mol. The lowest BCUT2D eigenvalue weighted by molar-refractivity contribution is 0.934. The summed E-state index contributed by atoms with van der Waals surface area (Å²) in [5, 5.41) is 0. The van der Waals surface area contributed by atoms with Gasteiger partial charge in [-0.3, -0.25) is 0 Å². The maximum Gasteiger partial charge on any atom is 0.0726 e. The number of fused-ring (bicyclic) bond motifs is 16. The van der Waals surface area contributed by atoms with E-state index in [1.807, 2.05) is 0 Å². The first-order valence-corrected chi connectivity index (χ1v) is 32.9. The predicted molar refractivity (Wildman–Crippen MR) is 359 cm³/mol. The van der Waals surface area contributed by atoms with Gasteiger partial charge in [-0.1, -0.05) is 111 Å². The van der Waals surface area contributed by atoms with Gasteiger partial charge in [0.2, 0.25) is 0 Å². The SMILES string of the molecule is CCC1=C(CC)c2nc1cc1[nH]c(c(CC)c1CC)c(CCc1c3nc(cc4[nH]c(cc5[nH]c(cc6nc1C(CC)=C6CC)c(CC)c5CC)c(CC)c4CC)C(CC)=C3CC)c1[nH]c(cc3nc(c2C)C(CC)=C3CC)c(CC)c1CC. The van der Waals surface area contributed by atoms with Crippen LogP contribution in [0, 0.1) is 6.92 Å². The van der Waals surface area contributed by atoms with Crippen molar-refractivity contribution in [2.24, 2.45) is 0 Å². The Balaban J connectivity index is 1.38. The number of H-pyrrole nitrogens is 4. The van der Waals surface area contributed by atoms with E-state index < -0.39 is 0 Å². The van der Waals surface area contributed by atoms with E-state index in [4.69, 9.17) is 19.9 Å². The molecule has 8 heteroatoms. The molecule has 83 heavy (non-hydrogen) atoms. The molecule has 0 spiro atoms. The molecule has 10 rings (SSSR count). The fourth-order valence-corrected chi connectivity index (χ4v) is 15.6. The van der Waals surface area contributed by atoms with Gasteiger partial charge in [-0.15, -0.1) is 0 Å². The Bertz CT molecular complexity index is 3800. The van der Waals surface area contributed by atoms with Crippen LogP contribution in [0.4, 0.5) is 0 Å². The molecule has 8 nitrogen and oxygen atoms in total. The monoisotopic (exact) mass is 1110 g/mol. The smallest absolute Gasteiger partial charge is 0.0726 e. The molecule has 6 aromatic rings. The normalized spacial score (nSPS) is 13.8. The second kappa shape index (κ2) is 24.8. The first-order valence-electron chi connectivity index (χ1n) is 32.9. The average molecular weight is 1110 g/mol. The minimum absolute atomic E-state index is 0.755. The van der Waals surface area contributed by atoms with Gasteiger partial charge in [-0.25, -0.2) is 19.9 Å². The third kappa shape index (κ3) is 9.86. The van der Waals surface area contributed by atoms with Crippen molar-refractivity contribution in [1.82, 2.24) is 39.9 Å². The number of aryl methyl sites for hydroxylation is 9. The second-order valence-electron chi connectivity index (χ2n) is 23.2. The lowest BCUT2D eigenvalue weighted by atomic mass is 9.90. The van der Waals surface area contributed by atoms with Crippen LogP contribution < -0.4 is 0 Å². The molecule has 436 valence electrons. The molecule has 16 bridgehead atoms. The molecule has 0 aromatic carbocycles. The van der Waals surface area contributed by atoms with Crippen molar-refractivity contribution < 1.29 is 0 Å². The average Bonchev–Trinajstić information content (AvgIpc) is 2.71. The van der Waals surface area contributed by atoms with E-state index >= 15 is 0 Å². The van der Waals surface area contributed by atoms with Crippen molar-refractivity contribution >= 4 is 88.7 Å². The van der Waals surface area contributed by atoms with E-state index in [9.17, 15) is 0 Å². The van der Waals surface area contributed by atoms with Crippen molar-refractivity contribution in [1.29, 1.82) is 0 Å². The molecular formula is C75H96N8. The highest BCUT2D eigenvalue weighted by molar-refractivity contribution is 6.00. The van der Waals surface area contributed by atoms with Crippen molar-refractivity contribution in [2.45, 2.75) is 233 Å². The summed E-state index contributed by atoms with van der Waals surface area (Å²) >= 11 is 0. The Morgan fingerprint density at radius 3 is 0.771 bits per heavy atom. The largest absolute Gasteiger partial charge is 0.355 e. The summed E-state index contributed by atoms with van der Waals surface area (Å²) in [6.45, 7) is 39.4. The van der Waals surface area contributed by atoms with Crippen molar-refractivity contribution in [3.63, 3.8) is 0 Å². The van der Waals surface area contributed by atoms with Crippen molar-refractivity contribution in [3.8, 4) is 0 Å². The van der Waals surface area contributed by atoms with Gasteiger partial charge < -0.3 is 19.9 Å². The highest BCUT2D eigenvalue weighted by Gasteiger charge is 2.30. The molecule has 0 aliphatic carbocycles. The minimum Gasteiger partial charge on any atom is -0.355 e. The lowest BCUT2D eigenvalue weighted by Crippen LogP contribution is -2.03. The maximum atomic E-state index is 5.94. The number of nitrogens with zero attached hydrogens (tertiary/aromatic N) is 4. The Hall–Kier alpha value is -6.80. The standard InChI is InChI=1S/C75H96N8/c1-18-42-44(20-3)62-37-66-48(24-7)54(30-13)72(80-66)58(73-55(31-14)49(25-8)67(81-73)38-63-45(21-4)43(19-2)61(77-63)36-60(42)76-62)34-35-59-74-56(32-15)50(26-9)68(82-74)39-64-46(22-5)52(28-11)70(78-64)41(17)71-53(29-12)47(23-6)65(79-71)40-69-51(27-10)57(33-16)75(59)83-69/h36-40,76-77,82-83H,18-35H2,1-17H3. The number of nitrogens with one attached hydrogen (secondary N) is 4. The summed E-state index contributed by atoms with van der Waals surface area (Å²) in [6, 6.07) is 12.0. The number of rotatable bonds is 19. The molecule has 0 fully saturated rings. The molecule has 6 aromatic heterocycles. The van der Waals surface area contributed by atoms with Crippen molar-refractivity contribution in [3.05, 3.63) is 137 Å². The zero-order valence-corrected chi connectivity index (χ0v) is 53.9. The Morgan fingerprint density at radius 1 is 0.241 bits per heavy atom. The van der Waals surface area contributed by atoms with Gasteiger partial charge in [0.15, 0.2) is 0 Å². The predicted octanol–water partition coefficient (Wildman–Crippen LogP) is 20.5. The van der Waals surface area contributed by atoms with Crippen LogP contribution in [0.2, 0.25) is 0 Å². The summed E-state index contributed by atoms with van der Waals surface area (Å²) in [7, 11) is 0. The van der Waals surface area contributed by atoms with Crippen LogP contribution in [0.1, 0.15) is 269 Å². The zero-order valence-electron chi connectivity index (χ0n) is 53.9. The van der Waals surface area contributed by atoms with E-state index in [0.29, 0.717) is 0 Å². The molecule has 0 saturated heterocycles. The molecule has 4 aliphatic heterocycles. The van der Waals surface area contributed by atoms with Gasteiger partial charge in [0.1, 0.15) is 0 Å². The van der Waals surface area contributed by atoms with Crippen LogP contribution in [-0.4, -0.2) is 39.9 Å². The van der Waals surface area contributed by atoms with Gasteiger partial charge in [0, 0.05) is 55.3 Å². The molecule has 0 saturated carbocycles. The summed E-state index contributed by atoms with van der Waals surface area (Å²) in [4.78, 5) is 39.7. The van der Waals surface area contributed by atoms with Crippen LogP contribution in [0.3, 0.4) is 0 Å². The maximum absolute atomic E-state index is 5.94. The van der Waals surface area contributed by atoms with Gasteiger partial charge >= 0.3 is 0 Å². The van der Waals surface area contributed by atoms with Gasteiger partial charge in [-0.05, 0) is 247 Å².